The first-order chi connectivity index (χ1) is 11.2. The van der Waals surface area contributed by atoms with E-state index in [1.807, 2.05) is 43.3 Å². The minimum absolute atomic E-state index is 0.261. The highest BCUT2D eigenvalue weighted by Gasteiger charge is 2.13. The average molecular weight is 325 g/mol. The molecule has 1 aromatic carbocycles. The van der Waals surface area contributed by atoms with Crippen molar-refractivity contribution < 1.29 is 9.53 Å². The molecule has 0 unspecified atom stereocenters. The molecule has 23 heavy (non-hydrogen) atoms. The van der Waals surface area contributed by atoms with Gasteiger partial charge in [0.2, 0.25) is 0 Å². The number of anilines is 1. The number of hydrogen-bond donors (Lipinski definition) is 1. The van der Waals surface area contributed by atoms with Crippen LogP contribution in [-0.2, 0) is 0 Å². The smallest absolute Gasteiger partial charge is 0.276 e. The molecule has 6 heteroatoms. The van der Waals surface area contributed by atoms with Crippen LogP contribution in [0, 0.1) is 6.92 Å². The highest BCUT2D eigenvalue weighted by Crippen LogP contribution is 2.26. The third-order valence-electron chi connectivity index (χ3n) is 3.32. The van der Waals surface area contributed by atoms with Crippen molar-refractivity contribution in [1.82, 2.24) is 9.97 Å². The van der Waals surface area contributed by atoms with Crippen molar-refractivity contribution in [3.63, 3.8) is 0 Å². The molecular weight excluding hydrogens is 310 g/mol. The van der Waals surface area contributed by atoms with Crippen LogP contribution in [0.1, 0.15) is 16.1 Å². The number of thiazole rings is 1. The second-order valence-corrected chi connectivity index (χ2v) is 5.75. The van der Waals surface area contributed by atoms with Gasteiger partial charge >= 0.3 is 0 Å². The van der Waals surface area contributed by atoms with Gasteiger partial charge in [-0.2, -0.15) is 0 Å². The first-order valence-electron chi connectivity index (χ1n) is 7.00. The van der Waals surface area contributed by atoms with Gasteiger partial charge in [-0.1, -0.05) is 6.07 Å². The molecule has 116 valence electrons. The maximum absolute atomic E-state index is 12.3. The normalized spacial score (nSPS) is 10.3. The predicted molar refractivity (Wildman–Crippen MR) is 91.0 cm³/mol. The van der Waals surface area contributed by atoms with Gasteiger partial charge in [-0.25, -0.2) is 9.97 Å². The van der Waals surface area contributed by atoms with Crippen LogP contribution < -0.4 is 10.1 Å². The fraction of sp³-hybridized carbons (Fsp3) is 0.118. The third kappa shape index (κ3) is 3.37. The molecule has 0 atom stereocenters. The van der Waals surface area contributed by atoms with Crippen molar-refractivity contribution >= 4 is 23.1 Å². The van der Waals surface area contributed by atoms with E-state index >= 15 is 0 Å². The fourth-order valence-electron chi connectivity index (χ4n) is 2.03. The van der Waals surface area contributed by atoms with Crippen molar-refractivity contribution in [2.45, 2.75) is 6.92 Å². The van der Waals surface area contributed by atoms with E-state index in [0.717, 1.165) is 21.9 Å². The molecule has 0 saturated heterocycles. The maximum Gasteiger partial charge on any atom is 0.276 e. The number of carbonyl (C=O) groups is 1. The summed E-state index contributed by atoms with van der Waals surface area (Å²) >= 11 is 1.43. The van der Waals surface area contributed by atoms with Crippen LogP contribution in [0.25, 0.3) is 10.6 Å². The zero-order valence-corrected chi connectivity index (χ0v) is 13.6. The maximum atomic E-state index is 12.3. The Bertz CT molecular complexity index is 828. The number of pyridine rings is 1. The molecule has 0 aliphatic rings. The first kappa shape index (κ1) is 15.2. The van der Waals surface area contributed by atoms with Crippen LogP contribution in [0.15, 0.2) is 48.0 Å². The summed E-state index contributed by atoms with van der Waals surface area (Å²) in [6, 6.07) is 11.3. The number of aromatic nitrogens is 2. The Morgan fingerprint density at radius 1 is 1.22 bits per heavy atom. The summed E-state index contributed by atoms with van der Waals surface area (Å²) in [4.78, 5) is 20.8. The molecule has 0 aliphatic heterocycles. The Kier molecular flexibility index (Phi) is 4.34. The molecule has 0 saturated carbocycles. The average Bonchev–Trinajstić information content (AvgIpc) is 3.07. The van der Waals surface area contributed by atoms with Crippen LogP contribution in [0.4, 0.5) is 5.82 Å². The lowest BCUT2D eigenvalue weighted by atomic mass is 10.2. The van der Waals surface area contributed by atoms with Crippen molar-refractivity contribution in [3.05, 3.63) is 59.2 Å². The standard InChI is InChI=1S/C17H15N3O2S/c1-11-4-3-9-18-15(11)20-16(21)14-10-23-17(19-14)12-5-7-13(22-2)8-6-12/h3-10H,1-2H3,(H,18,20,21). The Morgan fingerprint density at radius 3 is 2.70 bits per heavy atom. The topological polar surface area (TPSA) is 64.1 Å². The Hall–Kier alpha value is -2.73. The van der Waals surface area contributed by atoms with Crippen LogP contribution in [0.5, 0.6) is 5.75 Å². The van der Waals surface area contributed by atoms with Gasteiger partial charge < -0.3 is 10.1 Å². The van der Waals surface area contributed by atoms with Crippen molar-refractivity contribution in [3.8, 4) is 16.3 Å². The third-order valence-corrected chi connectivity index (χ3v) is 4.21. The Balaban J connectivity index is 1.78. The minimum Gasteiger partial charge on any atom is -0.497 e. The summed E-state index contributed by atoms with van der Waals surface area (Å²) < 4.78 is 5.14. The van der Waals surface area contributed by atoms with E-state index < -0.39 is 0 Å². The SMILES string of the molecule is COc1ccc(-c2nc(C(=O)Nc3ncccc3C)cs2)cc1. The van der Waals surface area contributed by atoms with E-state index in [1.165, 1.54) is 11.3 Å². The van der Waals surface area contributed by atoms with E-state index in [1.54, 1.807) is 18.7 Å². The van der Waals surface area contributed by atoms with Crippen molar-refractivity contribution in [1.29, 1.82) is 0 Å². The summed E-state index contributed by atoms with van der Waals surface area (Å²) in [7, 11) is 1.63. The first-order valence-corrected chi connectivity index (χ1v) is 7.88. The molecule has 2 heterocycles. The quantitative estimate of drug-likeness (QED) is 0.793. The van der Waals surface area contributed by atoms with Crippen molar-refractivity contribution in [2.75, 3.05) is 12.4 Å². The fourth-order valence-corrected chi connectivity index (χ4v) is 2.84. The van der Waals surface area contributed by atoms with E-state index in [0.29, 0.717) is 11.5 Å². The summed E-state index contributed by atoms with van der Waals surface area (Å²) in [5.41, 5.74) is 2.24. The van der Waals surface area contributed by atoms with E-state index in [2.05, 4.69) is 15.3 Å². The monoisotopic (exact) mass is 325 g/mol. The minimum atomic E-state index is -0.261. The molecule has 0 fully saturated rings. The largest absolute Gasteiger partial charge is 0.497 e. The van der Waals surface area contributed by atoms with E-state index in [-0.39, 0.29) is 5.91 Å². The number of aryl methyl sites for hydroxylation is 1. The molecule has 2 aromatic heterocycles. The van der Waals surface area contributed by atoms with Crippen LogP contribution in [-0.4, -0.2) is 23.0 Å². The second-order valence-electron chi connectivity index (χ2n) is 4.89. The Labute approximate surface area is 138 Å². The summed E-state index contributed by atoms with van der Waals surface area (Å²) in [5.74, 6) is 1.08. The van der Waals surface area contributed by atoms with Gasteiger partial charge in [-0.05, 0) is 42.8 Å². The number of hydrogen-bond acceptors (Lipinski definition) is 5. The highest BCUT2D eigenvalue weighted by atomic mass is 32.1. The molecule has 3 rings (SSSR count). The highest BCUT2D eigenvalue weighted by molar-refractivity contribution is 7.13. The zero-order chi connectivity index (χ0) is 16.2. The lowest BCUT2D eigenvalue weighted by molar-refractivity contribution is 0.102. The lowest BCUT2D eigenvalue weighted by Crippen LogP contribution is -2.14. The molecular formula is C17H15N3O2S. The molecule has 0 bridgehead atoms. The van der Waals surface area contributed by atoms with Gasteiger partial charge in [0, 0.05) is 17.1 Å². The summed E-state index contributed by atoms with van der Waals surface area (Å²) in [6.45, 7) is 1.90. The molecule has 0 spiro atoms. The zero-order valence-electron chi connectivity index (χ0n) is 12.7. The number of benzene rings is 1. The lowest BCUT2D eigenvalue weighted by Gasteiger charge is -2.04. The molecule has 1 amide bonds. The van der Waals surface area contributed by atoms with Crippen molar-refractivity contribution in [2.24, 2.45) is 0 Å². The van der Waals surface area contributed by atoms with E-state index in [4.69, 9.17) is 4.74 Å². The number of carbonyl (C=O) groups excluding carboxylic acids is 1. The van der Waals surface area contributed by atoms with Gasteiger partial charge in [0.25, 0.3) is 5.91 Å². The van der Waals surface area contributed by atoms with E-state index in [9.17, 15) is 4.79 Å². The molecule has 0 radical (unpaired) electrons. The number of methoxy groups -OCH3 is 1. The van der Waals surface area contributed by atoms with Gasteiger partial charge in [0.05, 0.1) is 7.11 Å². The van der Waals surface area contributed by atoms with Crippen LogP contribution in [0.3, 0.4) is 0 Å². The second kappa shape index (κ2) is 6.58. The van der Waals surface area contributed by atoms with Crippen LogP contribution in [0.2, 0.25) is 0 Å². The van der Waals surface area contributed by atoms with Gasteiger partial charge in [-0.3, -0.25) is 4.79 Å². The number of ether oxygens (including phenoxy) is 1. The Morgan fingerprint density at radius 2 is 2.00 bits per heavy atom. The van der Waals surface area contributed by atoms with Gasteiger partial charge in [0.1, 0.15) is 22.3 Å². The number of rotatable bonds is 4. The predicted octanol–water partition coefficient (Wildman–Crippen LogP) is 3.77. The van der Waals surface area contributed by atoms with Gasteiger partial charge in [-0.15, -0.1) is 11.3 Å². The molecule has 1 N–H and O–H groups in total. The summed E-state index contributed by atoms with van der Waals surface area (Å²) in [5, 5.41) is 5.31. The molecule has 5 nitrogen and oxygen atoms in total. The van der Waals surface area contributed by atoms with Crippen LogP contribution >= 0.6 is 11.3 Å². The number of amides is 1. The summed E-state index contributed by atoms with van der Waals surface area (Å²) in [6.07, 6.45) is 1.65. The van der Waals surface area contributed by atoms with Gasteiger partial charge in [0.15, 0.2) is 0 Å². The number of nitrogens with zero attached hydrogens (tertiary/aromatic N) is 2. The molecule has 3 aromatic rings. The molecule has 0 aliphatic carbocycles. The number of nitrogens with one attached hydrogen (secondary N) is 1.